The Hall–Kier alpha value is -2.30. The molecule has 0 amide bonds. The summed E-state index contributed by atoms with van der Waals surface area (Å²) in [4.78, 5) is 21.3. The lowest BCUT2D eigenvalue weighted by Crippen LogP contribution is -2.08. The fourth-order valence-electron chi connectivity index (χ4n) is 1.21. The number of ether oxygens (including phenoxy) is 2. The number of hydrogen-bond donors (Lipinski definition) is 1. The van der Waals surface area contributed by atoms with E-state index in [0.29, 0.717) is 17.1 Å². The monoisotopic (exact) mass is 236 g/mol. The van der Waals surface area contributed by atoms with Gasteiger partial charge in [-0.15, -0.1) is 0 Å². The van der Waals surface area contributed by atoms with Gasteiger partial charge in [0.05, 0.1) is 14.2 Å². The molecule has 0 aliphatic rings. The summed E-state index contributed by atoms with van der Waals surface area (Å²) in [5.41, 5.74) is 0.571. The molecular formula is C12H12O5. The summed E-state index contributed by atoms with van der Waals surface area (Å²) in [6.07, 6.45) is 2.34. The molecule has 0 bridgehead atoms. The Morgan fingerprint density at radius 1 is 1.24 bits per heavy atom. The Morgan fingerprint density at radius 2 is 1.94 bits per heavy atom. The van der Waals surface area contributed by atoms with E-state index in [1.807, 2.05) is 0 Å². The molecule has 0 aromatic heterocycles. The van der Waals surface area contributed by atoms with Crippen molar-refractivity contribution >= 4 is 17.8 Å². The zero-order valence-corrected chi connectivity index (χ0v) is 9.47. The quantitative estimate of drug-likeness (QED) is 0.617. The first kappa shape index (κ1) is 12.8. The summed E-state index contributed by atoms with van der Waals surface area (Å²) < 4.78 is 10.1. The van der Waals surface area contributed by atoms with Crippen LogP contribution < -0.4 is 9.47 Å². The Bertz CT molecular complexity index is 462. The first-order valence-corrected chi connectivity index (χ1v) is 4.76. The third kappa shape index (κ3) is 3.34. The van der Waals surface area contributed by atoms with Crippen molar-refractivity contribution in [2.75, 3.05) is 14.2 Å². The highest BCUT2D eigenvalue weighted by atomic mass is 16.5. The summed E-state index contributed by atoms with van der Waals surface area (Å²) in [7, 11) is 3.00. The number of rotatable bonds is 5. The molecule has 0 unspecified atom stereocenters. The van der Waals surface area contributed by atoms with E-state index < -0.39 is 11.8 Å². The van der Waals surface area contributed by atoms with E-state index in [-0.39, 0.29) is 0 Å². The third-order valence-corrected chi connectivity index (χ3v) is 2.06. The van der Waals surface area contributed by atoms with Crippen molar-refractivity contribution in [3.05, 3.63) is 29.8 Å². The van der Waals surface area contributed by atoms with Crippen molar-refractivity contribution in [2.24, 2.45) is 0 Å². The second-order valence-corrected chi connectivity index (χ2v) is 3.11. The van der Waals surface area contributed by atoms with Crippen LogP contribution in [0.25, 0.3) is 6.08 Å². The molecule has 17 heavy (non-hydrogen) atoms. The number of benzene rings is 1. The zero-order valence-electron chi connectivity index (χ0n) is 9.47. The van der Waals surface area contributed by atoms with Crippen molar-refractivity contribution in [1.29, 1.82) is 0 Å². The maximum atomic E-state index is 10.9. The van der Waals surface area contributed by atoms with Crippen molar-refractivity contribution in [2.45, 2.75) is 0 Å². The molecule has 1 aromatic carbocycles. The standard InChI is InChI=1S/C12H12O5/c1-16-9-4-6-11(17-2)8(7-9)3-5-10(13)12(14)15/h3-7H,1-2H3,(H,14,15)/b5-3+. The number of hydrogen-bond acceptors (Lipinski definition) is 4. The molecule has 0 saturated heterocycles. The number of carbonyl (C=O) groups is 2. The number of carboxylic acids is 1. The van der Waals surface area contributed by atoms with Gasteiger partial charge in [0.25, 0.3) is 5.78 Å². The van der Waals surface area contributed by atoms with E-state index in [1.165, 1.54) is 20.3 Å². The average molecular weight is 236 g/mol. The molecule has 1 aromatic rings. The predicted octanol–water partition coefficient (Wildman–Crippen LogP) is 1.37. The third-order valence-electron chi connectivity index (χ3n) is 2.06. The molecule has 0 saturated carbocycles. The van der Waals surface area contributed by atoms with E-state index in [1.54, 1.807) is 18.2 Å². The summed E-state index contributed by atoms with van der Waals surface area (Å²) in [5, 5.41) is 8.43. The maximum Gasteiger partial charge on any atom is 0.376 e. The SMILES string of the molecule is COc1ccc(OC)c(/C=C/C(=O)C(=O)O)c1. The molecule has 5 heteroatoms. The van der Waals surface area contributed by atoms with Crippen molar-refractivity contribution in [3.63, 3.8) is 0 Å². The Morgan fingerprint density at radius 3 is 2.47 bits per heavy atom. The first-order valence-electron chi connectivity index (χ1n) is 4.76. The fraction of sp³-hybridized carbons (Fsp3) is 0.167. The van der Waals surface area contributed by atoms with Gasteiger partial charge in [0.15, 0.2) is 0 Å². The molecule has 0 spiro atoms. The molecule has 5 nitrogen and oxygen atoms in total. The van der Waals surface area contributed by atoms with Gasteiger partial charge >= 0.3 is 5.97 Å². The summed E-state index contributed by atoms with van der Waals surface area (Å²) >= 11 is 0. The number of carbonyl (C=O) groups excluding carboxylic acids is 1. The minimum absolute atomic E-state index is 0.528. The van der Waals surface area contributed by atoms with Crippen LogP contribution in [-0.2, 0) is 9.59 Å². The summed E-state index contributed by atoms with van der Waals surface area (Å²) in [6, 6.07) is 5.02. The number of aliphatic carboxylic acids is 1. The molecule has 90 valence electrons. The van der Waals surface area contributed by atoms with Gasteiger partial charge in [-0.2, -0.15) is 0 Å². The fourth-order valence-corrected chi connectivity index (χ4v) is 1.21. The number of ketones is 1. The van der Waals surface area contributed by atoms with Crippen LogP contribution in [0.1, 0.15) is 5.56 Å². The van der Waals surface area contributed by atoms with Crippen molar-refractivity contribution in [1.82, 2.24) is 0 Å². The van der Waals surface area contributed by atoms with Crippen LogP contribution in [0.3, 0.4) is 0 Å². The van der Waals surface area contributed by atoms with E-state index >= 15 is 0 Å². The normalized spacial score (nSPS) is 10.2. The van der Waals surface area contributed by atoms with Crippen molar-refractivity contribution in [3.8, 4) is 11.5 Å². The Kier molecular flexibility index (Phi) is 4.28. The van der Waals surface area contributed by atoms with E-state index in [4.69, 9.17) is 14.6 Å². The number of carboxylic acid groups (broad SMARTS) is 1. The smallest absolute Gasteiger partial charge is 0.376 e. The maximum absolute atomic E-state index is 10.9. The van der Waals surface area contributed by atoms with Gasteiger partial charge in [-0.3, -0.25) is 4.79 Å². The topological polar surface area (TPSA) is 72.8 Å². The zero-order chi connectivity index (χ0) is 12.8. The van der Waals surface area contributed by atoms with Gasteiger partial charge in [-0.05, 0) is 30.4 Å². The molecule has 0 aliphatic carbocycles. The highest BCUT2D eigenvalue weighted by Gasteiger charge is 2.07. The van der Waals surface area contributed by atoms with Crippen LogP contribution in [0.5, 0.6) is 11.5 Å². The minimum Gasteiger partial charge on any atom is -0.497 e. The van der Waals surface area contributed by atoms with E-state index in [0.717, 1.165) is 6.08 Å². The van der Waals surface area contributed by atoms with Crippen LogP contribution in [0.15, 0.2) is 24.3 Å². The molecule has 0 heterocycles. The van der Waals surface area contributed by atoms with Crippen molar-refractivity contribution < 1.29 is 24.2 Å². The lowest BCUT2D eigenvalue weighted by atomic mass is 10.1. The van der Waals surface area contributed by atoms with Gasteiger partial charge in [-0.1, -0.05) is 0 Å². The molecule has 0 fully saturated rings. The molecular weight excluding hydrogens is 224 g/mol. The van der Waals surface area contributed by atoms with Crippen LogP contribution in [-0.4, -0.2) is 31.1 Å². The van der Waals surface area contributed by atoms with Crippen LogP contribution in [0.2, 0.25) is 0 Å². The number of methoxy groups -OCH3 is 2. The van der Waals surface area contributed by atoms with Gasteiger partial charge < -0.3 is 14.6 Å². The minimum atomic E-state index is -1.50. The Labute approximate surface area is 98.3 Å². The van der Waals surface area contributed by atoms with Crippen LogP contribution in [0.4, 0.5) is 0 Å². The van der Waals surface area contributed by atoms with Crippen LogP contribution >= 0.6 is 0 Å². The van der Waals surface area contributed by atoms with Crippen LogP contribution in [0, 0.1) is 0 Å². The highest BCUT2D eigenvalue weighted by Crippen LogP contribution is 2.24. The van der Waals surface area contributed by atoms with Gasteiger partial charge in [-0.25, -0.2) is 4.79 Å². The molecule has 1 N–H and O–H groups in total. The molecule has 1 rings (SSSR count). The predicted molar refractivity (Wildman–Crippen MR) is 61.2 cm³/mol. The molecule has 0 aliphatic heterocycles. The summed E-state index contributed by atoms with van der Waals surface area (Å²) in [6.45, 7) is 0. The van der Waals surface area contributed by atoms with Gasteiger partial charge in [0.1, 0.15) is 11.5 Å². The second-order valence-electron chi connectivity index (χ2n) is 3.11. The van der Waals surface area contributed by atoms with Gasteiger partial charge in [0.2, 0.25) is 0 Å². The second kappa shape index (κ2) is 5.69. The summed E-state index contributed by atoms with van der Waals surface area (Å²) in [5.74, 6) is -1.37. The lowest BCUT2D eigenvalue weighted by Gasteiger charge is -2.06. The largest absolute Gasteiger partial charge is 0.497 e. The lowest BCUT2D eigenvalue weighted by molar-refractivity contribution is -0.146. The molecule has 0 atom stereocenters. The van der Waals surface area contributed by atoms with Gasteiger partial charge in [0, 0.05) is 5.56 Å². The Balaban J connectivity index is 3.03. The average Bonchev–Trinajstić information content (AvgIpc) is 2.35. The molecule has 0 radical (unpaired) electrons. The van der Waals surface area contributed by atoms with E-state index in [9.17, 15) is 9.59 Å². The van der Waals surface area contributed by atoms with E-state index in [2.05, 4.69) is 0 Å². The first-order chi connectivity index (χ1) is 8.08. The highest BCUT2D eigenvalue weighted by molar-refractivity contribution is 6.38.